The van der Waals surface area contributed by atoms with Gasteiger partial charge in [0.15, 0.2) is 0 Å². The van der Waals surface area contributed by atoms with Crippen molar-refractivity contribution in [2.45, 2.75) is 0 Å². The normalized spacial score (nSPS) is 10.6. The van der Waals surface area contributed by atoms with Crippen LogP contribution < -0.4 is 10.0 Å². The largest absolute Gasteiger partial charge is 0.332 e. The van der Waals surface area contributed by atoms with Crippen molar-refractivity contribution in [2.75, 3.05) is 11.6 Å². The molecule has 0 radical (unpaired) electrons. The molecule has 2 N–H and O–H groups in total. The van der Waals surface area contributed by atoms with E-state index in [0.29, 0.717) is 5.69 Å². The Labute approximate surface area is 82.2 Å². The Balaban J connectivity index is 2.59. The number of hydrogen-bond donors (Lipinski definition) is 2. The number of anilines is 1. The summed E-state index contributed by atoms with van der Waals surface area (Å²) in [6.07, 6.45) is 0.914. The van der Waals surface area contributed by atoms with E-state index in [4.69, 9.17) is 0 Å². The second-order valence-corrected chi connectivity index (χ2v) is 4.44. The van der Waals surface area contributed by atoms with Gasteiger partial charge in [0.1, 0.15) is 0 Å². The standard InChI is InChI=1S/C8H10N2O3S/c1-14(12,13)10-8(11)9-7-5-3-2-4-6-7/h2-6H,1H3,(H2,9,10,11). The van der Waals surface area contributed by atoms with E-state index in [9.17, 15) is 13.2 Å². The molecule has 0 saturated carbocycles. The van der Waals surface area contributed by atoms with E-state index in [1.165, 1.54) is 0 Å². The fourth-order valence-corrected chi connectivity index (χ4v) is 1.23. The zero-order valence-electron chi connectivity index (χ0n) is 7.52. The van der Waals surface area contributed by atoms with Gasteiger partial charge in [-0.3, -0.25) is 0 Å². The third-order valence-electron chi connectivity index (χ3n) is 1.31. The molecule has 76 valence electrons. The zero-order chi connectivity index (χ0) is 10.6. The maximum absolute atomic E-state index is 11.0. The molecule has 0 saturated heterocycles. The lowest BCUT2D eigenvalue weighted by Gasteiger charge is -2.04. The number of urea groups is 1. The number of para-hydroxylation sites is 1. The van der Waals surface area contributed by atoms with Gasteiger partial charge in [-0.05, 0) is 12.1 Å². The minimum absolute atomic E-state index is 0.536. The average molecular weight is 214 g/mol. The summed E-state index contributed by atoms with van der Waals surface area (Å²) in [5, 5.41) is 2.37. The van der Waals surface area contributed by atoms with Crippen molar-refractivity contribution in [3.63, 3.8) is 0 Å². The Morgan fingerprint density at radius 2 is 1.79 bits per heavy atom. The Kier molecular flexibility index (Phi) is 3.08. The molecule has 1 aromatic carbocycles. The van der Waals surface area contributed by atoms with Gasteiger partial charge in [0.05, 0.1) is 6.26 Å². The summed E-state index contributed by atoms with van der Waals surface area (Å²) in [6.45, 7) is 0. The van der Waals surface area contributed by atoms with Crippen LogP contribution in [0.25, 0.3) is 0 Å². The predicted octanol–water partition coefficient (Wildman–Crippen LogP) is 0.768. The summed E-state index contributed by atoms with van der Waals surface area (Å²) in [7, 11) is -3.51. The van der Waals surface area contributed by atoms with Gasteiger partial charge in [-0.25, -0.2) is 17.9 Å². The Morgan fingerprint density at radius 3 is 2.29 bits per heavy atom. The van der Waals surface area contributed by atoms with E-state index >= 15 is 0 Å². The minimum Gasteiger partial charge on any atom is -0.307 e. The lowest BCUT2D eigenvalue weighted by atomic mass is 10.3. The molecular weight excluding hydrogens is 204 g/mol. The van der Waals surface area contributed by atoms with E-state index in [-0.39, 0.29) is 0 Å². The van der Waals surface area contributed by atoms with Crippen molar-refractivity contribution >= 4 is 21.7 Å². The van der Waals surface area contributed by atoms with E-state index in [2.05, 4.69) is 5.32 Å². The molecule has 14 heavy (non-hydrogen) atoms. The highest BCUT2D eigenvalue weighted by Crippen LogP contribution is 2.04. The summed E-state index contributed by atoms with van der Waals surface area (Å²) < 4.78 is 23.1. The number of nitrogens with one attached hydrogen (secondary N) is 2. The van der Waals surface area contributed by atoms with Crippen molar-refractivity contribution in [3.05, 3.63) is 30.3 Å². The molecule has 0 bridgehead atoms. The summed E-state index contributed by atoms with van der Waals surface area (Å²) in [6, 6.07) is 7.80. The molecule has 6 heteroatoms. The predicted molar refractivity (Wildman–Crippen MR) is 53.4 cm³/mol. The first kappa shape index (κ1) is 10.5. The molecular formula is C8H10N2O3S. The average Bonchev–Trinajstić information content (AvgIpc) is 2.02. The second-order valence-electron chi connectivity index (χ2n) is 2.69. The smallest absolute Gasteiger partial charge is 0.307 e. The summed E-state index contributed by atoms with van der Waals surface area (Å²) in [4.78, 5) is 11.0. The Hall–Kier alpha value is -1.56. The second kappa shape index (κ2) is 4.10. The van der Waals surface area contributed by atoms with Crippen molar-refractivity contribution in [1.29, 1.82) is 0 Å². The molecule has 0 fully saturated rings. The fraction of sp³-hybridized carbons (Fsp3) is 0.125. The zero-order valence-corrected chi connectivity index (χ0v) is 8.34. The highest BCUT2D eigenvalue weighted by molar-refractivity contribution is 7.89. The molecule has 5 nitrogen and oxygen atoms in total. The number of amides is 2. The van der Waals surface area contributed by atoms with Gasteiger partial charge in [0, 0.05) is 5.69 Å². The Bertz CT molecular complexity index is 413. The van der Waals surface area contributed by atoms with Crippen molar-refractivity contribution < 1.29 is 13.2 Å². The quantitative estimate of drug-likeness (QED) is 0.763. The molecule has 0 spiro atoms. The fourth-order valence-electron chi connectivity index (χ4n) is 0.846. The van der Waals surface area contributed by atoms with Crippen LogP contribution in [0.1, 0.15) is 0 Å². The number of carbonyl (C=O) groups is 1. The SMILES string of the molecule is CS(=O)(=O)NC(=O)Nc1ccccc1. The number of hydrogen-bond acceptors (Lipinski definition) is 3. The minimum atomic E-state index is -3.51. The molecule has 0 aliphatic carbocycles. The van der Waals surface area contributed by atoms with Crippen LogP contribution in [0.3, 0.4) is 0 Å². The van der Waals surface area contributed by atoms with Crippen LogP contribution in [0.4, 0.5) is 10.5 Å². The molecule has 0 unspecified atom stereocenters. The summed E-state index contributed by atoms with van der Waals surface area (Å²) in [5.41, 5.74) is 0.536. The first-order valence-electron chi connectivity index (χ1n) is 3.81. The molecule has 0 heterocycles. The topological polar surface area (TPSA) is 75.3 Å². The third-order valence-corrected chi connectivity index (χ3v) is 1.87. The summed E-state index contributed by atoms with van der Waals surface area (Å²) in [5.74, 6) is 0. The lowest BCUT2D eigenvalue weighted by Crippen LogP contribution is -2.33. The van der Waals surface area contributed by atoms with Gasteiger partial charge in [-0.2, -0.15) is 0 Å². The van der Waals surface area contributed by atoms with Crippen molar-refractivity contribution in [3.8, 4) is 0 Å². The molecule has 2 amide bonds. The van der Waals surface area contributed by atoms with Crippen LogP contribution in [0, 0.1) is 0 Å². The molecule has 0 aliphatic rings. The van der Waals surface area contributed by atoms with Gasteiger partial charge in [0.25, 0.3) is 0 Å². The number of sulfonamides is 1. The lowest BCUT2D eigenvalue weighted by molar-refractivity contribution is 0.256. The van der Waals surface area contributed by atoms with Crippen molar-refractivity contribution in [1.82, 2.24) is 4.72 Å². The van der Waals surface area contributed by atoms with Gasteiger partial charge in [-0.15, -0.1) is 0 Å². The van der Waals surface area contributed by atoms with E-state index in [1.807, 2.05) is 0 Å². The van der Waals surface area contributed by atoms with Crippen LogP contribution in [-0.4, -0.2) is 20.7 Å². The highest BCUT2D eigenvalue weighted by Gasteiger charge is 2.07. The first-order chi connectivity index (χ1) is 6.47. The first-order valence-corrected chi connectivity index (χ1v) is 5.70. The van der Waals surface area contributed by atoms with Gasteiger partial charge in [0.2, 0.25) is 10.0 Å². The van der Waals surface area contributed by atoms with Crippen molar-refractivity contribution in [2.24, 2.45) is 0 Å². The summed E-state index contributed by atoms with van der Waals surface area (Å²) >= 11 is 0. The van der Waals surface area contributed by atoms with Crippen LogP contribution in [0.5, 0.6) is 0 Å². The van der Waals surface area contributed by atoms with E-state index in [0.717, 1.165) is 6.26 Å². The molecule has 0 aromatic heterocycles. The van der Waals surface area contributed by atoms with E-state index in [1.54, 1.807) is 35.1 Å². The number of rotatable bonds is 2. The van der Waals surface area contributed by atoms with E-state index < -0.39 is 16.1 Å². The molecule has 0 atom stereocenters. The molecule has 0 aliphatic heterocycles. The maximum Gasteiger partial charge on any atom is 0.332 e. The Morgan fingerprint density at radius 1 is 1.21 bits per heavy atom. The highest BCUT2D eigenvalue weighted by atomic mass is 32.2. The van der Waals surface area contributed by atoms with Crippen LogP contribution in [0.15, 0.2) is 30.3 Å². The number of carbonyl (C=O) groups excluding carboxylic acids is 1. The van der Waals surface area contributed by atoms with Gasteiger partial charge < -0.3 is 5.32 Å². The van der Waals surface area contributed by atoms with Crippen LogP contribution >= 0.6 is 0 Å². The van der Waals surface area contributed by atoms with Crippen LogP contribution in [-0.2, 0) is 10.0 Å². The monoisotopic (exact) mass is 214 g/mol. The number of benzene rings is 1. The molecule has 1 aromatic rings. The third kappa shape index (κ3) is 3.90. The van der Waals surface area contributed by atoms with Crippen LogP contribution in [0.2, 0.25) is 0 Å². The van der Waals surface area contributed by atoms with Gasteiger partial charge >= 0.3 is 6.03 Å². The van der Waals surface area contributed by atoms with Gasteiger partial charge in [-0.1, -0.05) is 18.2 Å². The maximum atomic E-state index is 11.0. The molecule has 1 rings (SSSR count).